The molecule has 0 aliphatic carbocycles. The van der Waals surface area contributed by atoms with Crippen LogP contribution in [-0.4, -0.2) is 16.1 Å². The number of fused-ring (bicyclic) bond motifs is 1. The van der Waals surface area contributed by atoms with Crippen LogP contribution >= 0.6 is 0 Å². The van der Waals surface area contributed by atoms with E-state index in [-0.39, 0.29) is 12.3 Å². The van der Waals surface area contributed by atoms with Crippen LogP contribution in [-0.2, 0) is 4.79 Å². The first-order valence-corrected chi connectivity index (χ1v) is 5.12. The van der Waals surface area contributed by atoms with Gasteiger partial charge in [0.1, 0.15) is 0 Å². The van der Waals surface area contributed by atoms with Gasteiger partial charge >= 0.3 is 5.97 Å². The zero-order chi connectivity index (χ0) is 11.5. The molecule has 1 heterocycles. The molecule has 3 heteroatoms. The molecule has 0 bridgehead atoms. The summed E-state index contributed by atoms with van der Waals surface area (Å²) in [6.45, 7) is 3.68. The fourth-order valence-corrected chi connectivity index (χ4v) is 1.80. The van der Waals surface area contributed by atoms with Crippen LogP contribution in [0, 0.1) is 0 Å². The van der Waals surface area contributed by atoms with Crippen LogP contribution in [0.1, 0.15) is 18.0 Å². The molecule has 0 spiro atoms. The van der Waals surface area contributed by atoms with Crippen LogP contribution in [0.2, 0.25) is 0 Å². The topological polar surface area (TPSA) is 53.1 Å². The molecule has 82 valence electrons. The Kier molecular flexibility index (Phi) is 2.77. The van der Waals surface area contributed by atoms with Crippen molar-refractivity contribution < 1.29 is 9.90 Å². The fourth-order valence-electron chi connectivity index (χ4n) is 1.80. The smallest absolute Gasteiger partial charge is 0.304 e. The normalized spacial score (nSPS) is 12.5. The maximum Gasteiger partial charge on any atom is 0.304 e. The SMILES string of the molecule is C=CC(CC(=O)O)c1cc2ccccc2[nH]1. The highest BCUT2D eigenvalue weighted by molar-refractivity contribution is 5.80. The minimum absolute atomic E-state index is 0.0658. The van der Waals surface area contributed by atoms with E-state index in [4.69, 9.17) is 5.11 Å². The van der Waals surface area contributed by atoms with Gasteiger partial charge in [-0.15, -0.1) is 6.58 Å². The van der Waals surface area contributed by atoms with Crippen LogP contribution in [0.25, 0.3) is 10.9 Å². The van der Waals surface area contributed by atoms with Crippen LogP contribution < -0.4 is 0 Å². The van der Waals surface area contributed by atoms with E-state index in [9.17, 15) is 4.79 Å². The molecule has 0 fully saturated rings. The molecule has 3 nitrogen and oxygen atoms in total. The van der Waals surface area contributed by atoms with Gasteiger partial charge in [0.05, 0.1) is 6.42 Å². The van der Waals surface area contributed by atoms with Crippen molar-refractivity contribution in [3.05, 3.63) is 48.7 Å². The largest absolute Gasteiger partial charge is 0.481 e. The third-order valence-electron chi connectivity index (χ3n) is 2.63. The minimum Gasteiger partial charge on any atom is -0.481 e. The summed E-state index contributed by atoms with van der Waals surface area (Å²) in [6.07, 6.45) is 1.73. The van der Waals surface area contributed by atoms with Crippen molar-refractivity contribution in [2.45, 2.75) is 12.3 Å². The highest BCUT2D eigenvalue weighted by Gasteiger charge is 2.13. The lowest BCUT2D eigenvalue weighted by Crippen LogP contribution is -2.03. The molecule has 2 N–H and O–H groups in total. The van der Waals surface area contributed by atoms with Gasteiger partial charge < -0.3 is 10.1 Å². The molecule has 0 saturated carbocycles. The van der Waals surface area contributed by atoms with Gasteiger partial charge in [-0.2, -0.15) is 0 Å². The Morgan fingerprint density at radius 2 is 2.25 bits per heavy atom. The van der Waals surface area contributed by atoms with E-state index in [1.54, 1.807) is 6.08 Å². The lowest BCUT2D eigenvalue weighted by atomic mass is 10.0. The number of aliphatic carboxylic acids is 1. The molecular formula is C13H13NO2. The number of carboxylic acid groups (broad SMARTS) is 1. The van der Waals surface area contributed by atoms with Crippen LogP contribution in [0.15, 0.2) is 43.0 Å². The summed E-state index contributed by atoms with van der Waals surface area (Å²) in [4.78, 5) is 13.9. The molecule has 2 rings (SSSR count). The first-order chi connectivity index (χ1) is 7.70. The summed E-state index contributed by atoms with van der Waals surface area (Å²) in [5, 5.41) is 9.88. The average Bonchev–Trinajstić information content (AvgIpc) is 2.68. The Hall–Kier alpha value is -2.03. The lowest BCUT2D eigenvalue weighted by molar-refractivity contribution is -0.137. The number of benzene rings is 1. The molecule has 1 unspecified atom stereocenters. The molecule has 0 aliphatic rings. The van der Waals surface area contributed by atoms with Crippen molar-refractivity contribution >= 4 is 16.9 Å². The molecule has 1 aromatic carbocycles. The van der Waals surface area contributed by atoms with Crippen molar-refractivity contribution in [3.8, 4) is 0 Å². The van der Waals surface area contributed by atoms with E-state index in [1.165, 1.54) is 0 Å². The number of para-hydroxylation sites is 1. The van der Waals surface area contributed by atoms with E-state index >= 15 is 0 Å². The second-order valence-electron chi connectivity index (χ2n) is 3.75. The summed E-state index contributed by atoms with van der Waals surface area (Å²) in [7, 11) is 0. The molecular weight excluding hydrogens is 202 g/mol. The van der Waals surface area contributed by atoms with E-state index < -0.39 is 5.97 Å². The van der Waals surface area contributed by atoms with Crippen molar-refractivity contribution in [2.75, 3.05) is 0 Å². The Balaban J connectivity index is 2.37. The van der Waals surface area contributed by atoms with Gasteiger partial charge in [0.25, 0.3) is 0 Å². The fraction of sp³-hybridized carbons (Fsp3) is 0.154. The molecule has 16 heavy (non-hydrogen) atoms. The maximum absolute atomic E-state index is 10.7. The first-order valence-electron chi connectivity index (χ1n) is 5.12. The van der Waals surface area contributed by atoms with Crippen LogP contribution in [0.3, 0.4) is 0 Å². The number of allylic oxidation sites excluding steroid dienone is 1. The van der Waals surface area contributed by atoms with Gasteiger partial charge in [0.2, 0.25) is 0 Å². The van der Waals surface area contributed by atoms with Crippen LogP contribution in [0.4, 0.5) is 0 Å². The number of H-pyrrole nitrogens is 1. The van der Waals surface area contributed by atoms with Crippen molar-refractivity contribution in [3.63, 3.8) is 0 Å². The number of aromatic amines is 1. The molecule has 0 radical (unpaired) electrons. The summed E-state index contributed by atoms with van der Waals surface area (Å²) in [5.41, 5.74) is 1.92. The molecule has 0 amide bonds. The van der Waals surface area contributed by atoms with Gasteiger partial charge in [-0.25, -0.2) is 0 Å². The zero-order valence-corrected chi connectivity index (χ0v) is 8.81. The van der Waals surface area contributed by atoms with Gasteiger partial charge in [-0.1, -0.05) is 24.3 Å². The second kappa shape index (κ2) is 4.23. The quantitative estimate of drug-likeness (QED) is 0.770. The van der Waals surface area contributed by atoms with Gasteiger partial charge in [0, 0.05) is 17.1 Å². The average molecular weight is 215 g/mol. The second-order valence-corrected chi connectivity index (χ2v) is 3.75. The monoisotopic (exact) mass is 215 g/mol. The summed E-state index contributed by atoms with van der Waals surface area (Å²) in [6, 6.07) is 9.85. The number of hydrogen-bond donors (Lipinski definition) is 2. The van der Waals surface area contributed by atoms with E-state index in [2.05, 4.69) is 11.6 Å². The highest BCUT2D eigenvalue weighted by Crippen LogP contribution is 2.24. The van der Waals surface area contributed by atoms with E-state index in [0.29, 0.717) is 0 Å². The van der Waals surface area contributed by atoms with Gasteiger partial charge in [-0.3, -0.25) is 4.79 Å². The van der Waals surface area contributed by atoms with Crippen molar-refractivity contribution in [2.24, 2.45) is 0 Å². The van der Waals surface area contributed by atoms with Gasteiger partial charge in [-0.05, 0) is 17.5 Å². The number of nitrogens with one attached hydrogen (secondary N) is 1. The highest BCUT2D eigenvalue weighted by atomic mass is 16.4. The molecule has 1 aromatic heterocycles. The Bertz CT molecular complexity index is 494. The summed E-state index contributed by atoms with van der Waals surface area (Å²) in [5.74, 6) is -0.978. The Morgan fingerprint density at radius 3 is 2.88 bits per heavy atom. The first kappa shape index (κ1) is 10.5. The number of carboxylic acids is 1. The van der Waals surface area contributed by atoms with Crippen LogP contribution in [0.5, 0.6) is 0 Å². The van der Waals surface area contributed by atoms with E-state index in [0.717, 1.165) is 16.6 Å². The maximum atomic E-state index is 10.7. The summed E-state index contributed by atoms with van der Waals surface area (Å²) >= 11 is 0. The third-order valence-corrected chi connectivity index (χ3v) is 2.63. The number of carbonyl (C=O) groups is 1. The predicted octanol–water partition coefficient (Wildman–Crippen LogP) is 2.91. The standard InChI is InChI=1S/C13H13NO2/c1-2-9(8-13(15)16)12-7-10-5-3-4-6-11(10)14-12/h2-7,9,14H,1,8H2,(H,15,16). The minimum atomic E-state index is -0.816. The number of hydrogen-bond acceptors (Lipinski definition) is 1. The Labute approximate surface area is 93.4 Å². The zero-order valence-electron chi connectivity index (χ0n) is 8.81. The van der Waals surface area contributed by atoms with Crippen molar-refractivity contribution in [1.29, 1.82) is 0 Å². The number of aromatic nitrogens is 1. The third kappa shape index (κ3) is 1.98. The molecule has 1 atom stereocenters. The lowest BCUT2D eigenvalue weighted by Gasteiger charge is -2.06. The summed E-state index contributed by atoms with van der Waals surface area (Å²) < 4.78 is 0. The predicted molar refractivity (Wildman–Crippen MR) is 63.5 cm³/mol. The molecule has 0 aliphatic heterocycles. The molecule has 0 saturated heterocycles. The molecule has 2 aromatic rings. The van der Waals surface area contributed by atoms with E-state index in [1.807, 2.05) is 30.3 Å². The van der Waals surface area contributed by atoms with Gasteiger partial charge in [0.15, 0.2) is 0 Å². The van der Waals surface area contributed by atoms with Crippen molar-refractivity contribution in [1.82, 2.24) is 4.98 Å². The number of rotatable bonds is 4. The Morgan fingerprint density at radius 1 is 1.50 bits per heavy atom.